The number of hydrogen-bond acceptors (Lipinski definition) is 7. The number of esters is 1. The van der Waals surface area contributed by atoms with Gasteiger partial charge in [0.15, 0.2) is 18.1 Å². The molecule has 188 valence electrons. The van der Waals surface area contributed by atoms with Crippen LogP contribution in [0.3, 0.4) is 0 Å². The predicted octanol–water partition coefficient (Wildman–Crippen LogP) is 5.20. The summed E-state index contributed by atoms with van der Waals surface area (Å²) in [7, 11) is 0. The number of pyridine rings is 1. The minimum atomic E-state index is -0.741. The molecule has 1 N–H and O–H groups in total. The second-order valence-corrected chi connectivity index (χ2v) is 8.56. The molecule has 3 heterocycles. The summed E-state index contributed by atoms with van der Waals surface area (Å²) in [6.07, 6.45) is 1.47. The SMILES string of the molecule is Cc1cc(C(=O)COC(=O)c2cccnc2Nc2ccccc2F)c(C)n1Cc1ccc2c(c1)OCO2. The van der Waals surface area contributed by atoms with Gasteiger partial charge in [-0.3, -0.25) is 4.79 Å². The van der Waals surface area contributed by atoms with Gasteiger partial charge in [0.2, 0.25) is 12.6 Å². The third-order valence-corrected chi connectivity index (χ3v) is 6.14. The van der Waals surface area contributed by atoms with Gasteiger partial charge in [0, 0.05) is 29.7 Å². The normalized spacial score (nSPS) is 11.9. The molecule has 2 aromatic carbocycles. The Balaban J connectivity index is 1.27. The molecule has 0 aliphatic carbocycles. The topological polar surface area (TPSA) is 91.7 Å². The van der Waals surface area contributed by atoms with Crippen LogP contribution in [-0.2, 0) is 11.3 Å². The summed E-state index contributed by atoms with van der Waals surface area (Å²) < 4.78 is 32.2. The van der Waals surface area contributed by atoms with Crippen molar-refractivity contribution in [3.63, 3.8) is 0 Å². The number of hydrogen-bond donors (Lipinski definition) is 1. The maximum Gasteiger partial charge on any atom is 0.342 e. The van der Waals surface area contributed by atoms with E-state index in [0.29, 0.717) is 23.6 Å². The van der Waals surface area contributed by atoms with Gasteiger partial charge in [0.25, 0.3) is 0 Å². The highest BCUT2D eigenvalue weighted by Gasteiger charge is 2.21. The fraction of sp³-hybridized carbons (Fsp3) is 0.179. The molecular formula is C28H24FN3O5. The number of anilines is 2. The fourth-order valence-electron chi connectivity index (χ4n) is 4.19. The first-order valence-corrected chi connectivity index (χ1v) is 11.6. The van der Waals surface area contributed by atoms with Gasteiger partial charge in [-0.05, 0) is 61.9 Å². The van der Waals surface area contributed by atoms with Gasteiger partial charge in [-0.15, -0.1) is 0 Å². The number of carbonyl (C=O) groups excluding carboxylic acids is 2. The molecule has 37 heavy (non-hydrogen) atoms. The Kier molecular flexibility index (Phi) is 6.59. The quantitative estimate of drug-likeness (QED) is 0.262. The number of aromatic nitrogens is 2. The molecule has 0 atom stereocenters. The number of ether oxygens (including phenoxy) is 3. The van der Waals surface area contributed by atoms with E-state index in [0.717, 1.165) is 17.0 Å². The maximum atomic E-state index is 14.1. The Morgan fingerprint density at radius 2 is 1.84 bits per heavy atom. The zero-order chi connectivity index (χ0) is 25.9. The number of nitrogens with one attached hydrogen (secondary N) is 1. The molecule has 0 unspecified atom stereocenters. The van der Waals surface area contributed by atoms with Crippen LogP contribution in [0.1, 0.15) is 37.7 Å². The van der Waals surface area contributed by atoms with E-state index in [-0.39, 0.29) is 29.6 Å². The highest BCUT2D eigenvalue weighted by molar-refractivity contribution is 6.01. The van der Waals surface area contributed by atoms with Gasteiger partial charge in [0.05, 0.1) is 5.69 Å². The van der Waals surface area contributed by atoms with Gasteiger partial charge in [-0.1, -0.05) is 18.2 Å². The Morgan fingerprint density at radius 3 is 2.68 bits per heavy atom. The van der Waals surface area contributed by atoms with Gasteiger partial charge in [0.1, 0.15) is 17.2 Å². The molecule has 0 spiro atoms. The van der Waals surface area contributed by atoms with Crippen LogP contribution in [0.25, 0.3) is 0 Å². The molecule has 5 rings (SSSR count). The number of para-hydroxylation sites is 1. The fourth-order valence-corrected chi connectivity index (χ4v) is 4.19. The second-order valence-electron chi connectivity index (χ2n) is 8.56. The average molecular weight is 502 g/mol. The molecule has 0 saturated heterocycles. The van der Waals surface area contributed by atoms with Crippen LogP contribution in [0.2, 0.25) is 0 Å². The van der Waals surface area contributed by atoms with Crippen molar-refractivity contribution in [3.05, 3.63) is 101 Å². The molecule has 8 nitrogen and oxygen atoms in total. The van der Waals surface area contributed by atoms with Gasteiger partial charge >= 0.3 is 5.97 Å². The minimum absolute atomic E-state index is 0.0897. The molecule has 4 aromatic rings. The van der Waals surface area contributed by atoms with Gasteiger partial charge < -0.3 is 24.1 Å². The third-order valence-electron chi connectivity index (χ3n) is 6.14. The van der Waals surface area contributed by atoms with Crippen LogP contribution in [0, 0.1) is 19.7 Å². The number of carbonyl (C=O) groups is 2. The van der Waals surface area contributed by atoms with Crippen LogP contribution >= 0.6 is 0 Å². The van der Waals surface area contributed by atoms with Crippen molar-refractivity contribution in [1.29, 1.82) is 0 Å². The number of ketones is 1. The number of halogens is 1. The minimum Gasteiger partial charge on any atom is -0.454 e. The lowest BCUT2D eigenvalue weighted by atomic mass is 10.1. The average Bonchev–Trinajstić information content (AvgIpc) is 3.48. The van der Waals surface area contributed by atoms with Crippen molar-refractivity contribution in [2.24, 2.45) is 0 Å². The number of Topliss-reactive ketones (excluding diaryl/α,β-unsaturated/α-hetero) is 1. The summed E-state index contributed by atoms with van der Waals surface area (Å²) in [6, 6.07) is 16.6. The lowest BCUT2D eigenvalue weighted by molar-refractivity contribution is 0.0475. The maximum absolute atomic E-state index is 14.1. The van der Waals surface area contributed by atoms with E-state index < -0.39 is 18.4 Å². The van der Waals surface area contributed by atoms with Crippen molar-refractivity contribution >= 4 is 23.3 Å². The zero-order valence-electron chi connectivity index (χ0n) is 20.3. The Bertz CT molecular complexity index is 1500. The summed E-state index contributed by atoms with van der Waals surface area (Å²) >= 11 is 0. The van der Waals surface area contributed by atoms with Crippen LogP contribution in [0.15, 0.2) is 66.9 Å². The van der Waals surface area contributed by atoms with E-state index in [1.807, 2.05) is 36.6 Å². The highest BCUT2D eigenvalue weighted by Crippen LogP contribution is 2.33. The zero-order valence-corrected chi connectivity index (χ0v) is 20.3. The van der Waals surface area contributed by atoms with Crippen molar-refractivity contribution in [2.45, 2.75) is 20.4 Å². The molecule has 9 heteroatoms. The van der Waals surface area contributed by atoms with Crippen LogP contribution in [0.4, 0.5) is 15.9 Å². The summed E-state index contributed by atoms with van der Waals surface area (Å²) in [5.74, 6) is -0.0169. The lowest BCUT2D eigenvalue weighted by Crippen LogP contribution is -2.16. The Morgan fingerprint density at radius 1 is 1.03 bits per heavy atom. The largest absolute Gasteiger partial charge is 0.454 e. The number of rotatable bonds is 8. The molecule has 0 radical (unpaired) electrons. The summed E-state index contributed by atoms with van der Waals surface area (Å²) in [6.45, 7) is 4.08. The van der Waals surface area contributed by atoms with Crippen molar-refractivity contribution < 1.29 is 28.2 Å². The molecule has 1 aliphatic rings. The molecule has 1 aliphatic heterocycles. The smallest absolute Gasteiger partial charge is 0.342 e. The standard InChI is InChI=1S/C28H24FN3O5/c1-17-12-21(18(2)32(17)14-19-9-10-25-26(13-19)37-16-36-25)24(33)15-35-28(34)20-6-5-11-30-27(20)31-23-8-4-3-7-22(23)29/h3-13H,14-16H2,1-2H3,(H,30,31). The van der Waals surface area contributed by atoms with E-state index in [1.165, 1.54) is 24.4 Å². The summed E-state index contributed by atoms with van der Waals surface area (Å²) in [5, 5.41) is 2.81. The molecule has 0 fully saturated rings. The molecule has 0 bridgehead atoms. The van der Waals surface area contributed by atoms with E-state index in [4.69, 9.17) is 14.2 Å². The second kappa shape index (κ2) is 10.1. The monoisotopic (exact) mass is 501 g/mol. The van der Waals surface area contributed by atoms with Crippen molar-refractivity contribution in [2.75, 3.05) is 18.7 Å². The first kappa shape index (κ1) is 24.1. The third kappa shape index (κ3) is 5.02. The van der Waals surface area contributed by atoms with E-state index >= 15 is 0 Å². The molecule has 2 aromatic heterocycles. The Hall–Kier alpha value is -4.66. The van der Waals surface area contributed by atoms with E-state index in [2.05, 4.69) is 10.3 Å². The van der Waals surface area contributed by atoms with Crippen LogP contribution in [0.5, 0.6) is 11.5 Å². The van der Waals surface area contributed by atoms with Crippen molar-refractivity contribution in [1.82, 2.24) is 9.55 Å². The van der Waals surface area contributed by atoms with Gasteiger partial charge in [-0.25, -0.2) is 14.2 Å². The summed E-state index contributed by atoms with van der Waals surface area (Å²) in [4.78, 5) is 29.9. The number of fused-ring (bicyclic) bond motifs is 1. The predicted molar refractivity (Wildman–Crippen MR) is 134 cm³/mol. The summed E-state index contributed by atoms with van der Waals surface area (Å²) in [5.41, 5.74) is 3.39. The molecule has 0 amide bonds. The molecular weight excluding hydrogens is 477 g/mol. The van der Waals surface area contributed by atoms with Crippen LogP contribution < -0.4 is 14.8 Å². The highest BCUT2D eigenvalue weighted by atomic mass is 19.1. The number of nitrogens with zero attached hydrogens (tertiary/aromatic N) is 2. The van der Waals surface area contributed by atoms with E-state index in [1.54, 1.807) is 24.3 Å². The number of benzene rings is 2. The van der Waals surface area contributed by atoms with Crippen LogP contribution in [-0.4, -0.2) is 34.7 Å². The van der Waals surface area contributed by atoms with Gasteiger partial charge in [-0.2, -0.15) is 0 Å². The Labute approximate surface area is 212 Å². The van der Waals surface area contributed by atoms with Crippen molar-refractivity contribution in [3.8, 4) is 11.5 Å². The van der Waals surface area contributed by atoms with E-state index in [9.17, 15) is 14.0 Å². The first-order valence-electron chi connectivity index (χ1n) is 11.6. The number of aryl methyl sites for hydroxylation is 1. The first-order chi connectivity index (χ1) is 17.9. The lowest BCUT2D eigenvalue weighted by Gasteiger charge is -2.12. The molecule has 0 saturated carbocycles.